The fourth-order valence-corrected chi connectivity index (χ4v) is 0.714. The van der Waals surface area contributed by atoms with Crippen molar-refractivity contribution in [1.29, 1.82) is 0 Å². The molecule has 0 aromatic heterocycles. The number of ether oxygens (including phenoxy) is 2. The first-order chi connectivity index (χ1) is 5.50. The largest absolute Gasteiger partial charge is 0.428 e. The van der Waals surface area contributed by atoms with Crippen molar-refractivity contribution < 1.29 is 14.3 Å². The molecule has 1 aliphatic heterocycles. The lowest BCUT2D eigenvalue weighted by molar-refractivity contribution is -0.148. The Morgan fingerprint density at radius 1 is 1.58 bits per heavy atom. The first-order valence-corrected chi connectivity index (χ1v) is 3.99. The molecule has 68 valence electrons. The van der Waals surface area contributed by atoms with Crippen molar-refractivity contribution in [3.63, 3.8) is 0 Å². The maximum absolute atomic E-state index is 11.3. The Labute approximate surface area is 72.4 Å². The van der Waals surface area contributed by atoms with E-state index < -0.39 is 5.41 Å². The minimum absolute atomic E-state index is 0.209. The summed E-state index contributed by atoms with van der Waals surface area (Å²) >= 11 is 0. The maximum atomic E-state index is 11.3. The lowest BCUT2D eigenvalue weighted by Crippen LogP contribution is -2.22. The quantitative estimate of drug-likeness (QED) is 0.559. The molecule has 0 radical (unpaired) electrons. The minimum Gasteiger partial charge on any atom is -0.428 e. The van der Waals surface area contributed by atoms with Crippen LogP contribution in [0.3, 0.4) is 0 Å². The summed E-state index contributed by atoms with van der Waals surface area (Å²) in [7, 11) is 0. The molecule has 0 spiro atoms. The van der Waals surface area contributed by atoms with Gasteiger partial charge in [0.05, 0.1) is 12.0 Å². The second kappa shape index (κ2) is 3.27. The monoisotopic (exact) mass is 170 g/mol. The van der Waals surface area contributed by atoms with Gasteiger partial charge in [-0.15, -0.1) is 0 Å². The lowest BCUT2D eigenvalue weighted by Gasteiger charge is -2.16. The lowest BCUT2D eigenvalue weighted by atomic mass is 9.97. The molecule has 0 fully saturated rings. The zero-order valence-electron chi connectivity index (χ0n) is 7.72. The van der Waals surface area contributed by atoms with Crippen LogP contribution in [0.4, 0.5) is 0 Å². The summed E-state index contributed by atoms with van der Waals surface area (Å²) in [5.74, 6) is 0.425. The Balaban J connectivity index is 2.46. The van der Waals surface area contributed by atoms with Crippen molar-refractivity contribution in [2.75, 3.05) is 13.2 Å². The van der Waals surface area contributed by atoms with E-state index in [9.17, 15) is 4.79 Å². The molecule has 0 aromatic carbocycles. The van der Waals surface area contributed by atoms with Gasteiger partial charge in [0.15, 0.2) is 0 Å². The molecule has 0 saturated carbocycles. The van der Waals surface area contributed by atoms with Gasteiger partial charge in [0.25, 0.3) is 0 Å². The van der Waals surface area contributed by atoms with E-state index in [4.69, 9.17) is 9.47 Å². The molecule has 0 atom stereocenters. The average Bonchev–Trinajstić information content (AvgIpc) is 2.37. The van der Waals surface area contributed by atoms with E-state index in [2.05, 4.69) is 0 Å². The van der Waals surface area contributed by atoms with Gasteiger partial charge in [-0.25, -0.2) is 0 Å². The van der Waals surface area contributed by atoms with Crippen LogP contribution in [0.5, 0.6) is 0 Å². The summed E-state index contributed by atoms with van der Waals surface area (Å²) in [4.78, 5) is 11.3. The molecule has 1 rings (SSSR count). The van der Waals surface area contributed by atoms with Gasteiger partial charge in [-0.1, -0.05) is 0 Å². The fraction of sp³-hybridized carbons (Fsp3) is 0.667. The van der Waals surface area contributed by atoms with Crippen LogP contribution in [0.15, 0.2) is 11.8 Å². The molecule has 0 saturated heterocycles. The van der Waals surface area contributed by atoms with Crippen molar-refractivity contribution in [1.82, 2.24) is 0 Å². The Kier molecular flexibility index (Phi) is 2.52. The molecule has 0 N–H and O–H groups in total. The van der Waals surface area contributed by atoms with E-state index in [1.54, 1.807) is 6.08 Å². The first-order valence-electron chi connectivity index (χ1n) is 3.99. The molecule has 1 heterocycles. The molecule has 0 bridgehead atoms. The second-order valence-corrected chi connectivity index (χ2v) is 3.83. The smallest absolute Gasteiger partial charge is 0.316 e. The summed E-state index contributed by atoms with van der Waals surface area (Å²) in [6.07, 6.45) is 1.78. The van der Waals surface area contributed by atoms with Gasteiger partial charge >= 0.3 is 5.97 Å². The van der Waals surface area contributed by atoms with Gasteiger partial charge in [0.2, 0.25) is 0 Å². The molecule has 0 amide bonds. The van der Waals surface area contributed by atoms with Crippen molar-refractivity contribution in [2.45, 2.75) is 20.8 Å². The van der Waals surface area contributed by atoms with Crippen LogP contribution in [-0.4, -0.2) is 19.2 Å². The number of carbonyl (C=O) groups excluding carboxylic acids is 1. The van der Waals surface area contributed by atoms with Gasteiger partial charge in [-0.2, -0.15) is 0 Å². The molecule has 0 unspecified atom stereocenters. The van der Waals surface area contributed by atoms with Crippen LogP contribution < -0.4 is 0 Å². The Bertz CT molecular complexity index is 210. The Morgan fingerprint density at radius 2 is 2.25 bits per heavy atom. The van der Waals surface area contributed by atoms with Crippen LogP contribution in [0.2, 0.25) is 0 Å². The van der Waals surface area contributed by atoms with E-state index in [-0.39, 0.29) is 5.97 Å². The topological polar surface area (TPSA) is 35.5 Å². The molecular weight excluding hydrogens is 156 g/mol. The van der Waals surface area contributed by atoms with E-state index in [1.807, 2.05) is 20.8 Å². The zero-order chi connectivity index (χ0) is 9.19. The van der Waals surface area contributed by atoms with Gasteiger partial charge in [-0.05, 0) is 26.8 Å². The molecule has 3 heteroatoms. The van der Waals surface area contributed by atoms with E-state index >= 15 is 0 Å². The third-order valence-electron chi connectivity index (χ3n) is 1.51. The number of hydrogen-bond donors (Lipinski definition) is 0. The minimum atomic E-state index is -0.441. The second-order valence-electron chi connectivity index (χ2n) is 3.83. The maximum Gasteiger partial charge on any atom is 0.316 e. The molecule has 0 aromatic rings. The number of esters is 1. The van der Waals surface area contributed by atoms with Gasteiger partial charge < -0.3 is 9.47 Å². The van der Waals surface area contributed by atoms with Crippen molar-refractivity contribution in [2.24, 2.45) is 5.41 Å². The van der Waals surface area contributed by atoms with E-state index in [0.29, 0.717) is 19.0 Å². The predicted molar refractivity (Wildman–Crippen MR) is 44.4 cm³/mol. The highest BCUT2D eigenvalue weighted by Crippen LogP contribution is 2.18. The third kappa shape index (κ3) is 2.34. The number of rotatable bonds is 1. The Hall–Kier alpha value is -0.830. The first kappa shape index (κ1) is 9.26. The highest BCUT2D eigenvalue weighted by molar-refractivity contribution is 5.76. The average molecular weight is 170 g/mol. The van der Waals surface area contributed by atoms with Crippen LogP contribution in [0.1, 0.15) is 20.8 Å². The summed E-state index contributed by atoms with van der Waals surface area (Å²) in [6, 6.07) is 0. The van der Waals surface area contributed by atoms with Crippen molar-refractivity contribution >= 4 is 5.97 Å². The van der Waals surface area contributed by atoms with Crippen molar-refractivity contribution in [3.05, 3.63) is 11.8 Å². The fourth-order valence-electron chi connectivity index (χ4n) is 0.714. The van der Waals surface area contributed by atoms with Gasteiger partial charge in [0, 0.05) is 0 Å². The summed E-state index contributed by atoms with van der Waals surface area (Å²) in [5, 5.41) is 0. The van der Waals surface area contributed by atoms with Crippen molar-refractivity contribution in [3.8, 4) is 0 Å². The molecule has 1 aliphatic rings. The zero-order valence-corrected chi connectivity index (χ0v) is 7.72. The number of carbonyl (C=O) groups is 1. The third-order valence-corrected chi connectivity index (χ3v) is 1.51. The molecular formula is C9H14O3. The SMILES string of the molecule is CC(C)(C)C(=O)OC1=CCOC1. The number of hydrogen-bond acceptors (Lipinski definition) is 3. The molecule has 3 nitrogen and oxygen atoms in total. The van der Waals surface area contributed by atoms with Crippen LogP contribution in [0.25, 0.3) is 0 Å². The summed E-state index contributed by atoms with van der Waals surface area (Å²) in [5.41, 5.74) is -0.441. The highest BCUT2D eigenvalue weighted by Gasteiger charge is 2.25. The normalized spacial score (nSPS) is 17.4. The van der Waals surface area contributed by atoms with Gasteiger partial charge in [0.1, 0.15) is 12.4 Å². The highest BCUT2D eigenvalue weighted by atomic mass is 16.6. The summed E-state index contributed by atoms with van der Waals surface area (Å²) in [6.45, 7) is 6.44. The van der Waals surface area contributed by atoms with Crippen LogP contribution >= 0.6 is 0 Å². The standard InChI is InChI=1S/C9H14O3/c1-9(2,3)8(10)12-7-4-5-11-6-7/h4H,5-6H2,1-3H3. The van der Waals surface area contributed by atoms with Crippen LogP contribution in [0, 0.1) is 5.41 Å². The van der Waals surface area contributed by atoms with Crippen LogP contribution in [-0.2, 0) is 14.3 Å². The predicted octanol–water partition coefficient (Wildman–Crippen LogP) is 1.49. The molecule has 0 aliphatic carbocycles. The summed E-state index contributed by atoms with van der Waals surface area (Å²) < 4.78 is 10.1. The van der Waals surface area contributed by atoms with E-state index in [0.717, 1.165) is 0 Å². The Morgan fingerprint density at radius 3 is 2.67 bits per heavy atom. The van der Waals surface area contributed by atoms with Gasteiger partial charge in [-0.3, -0.25) is 4.79 Å². The van der Waals surface area contributed by atoms with E-state index in [1.165, 1.54) is 0 Å². The molecule has 12 heavy (non-hydrogen) atoms.